The lowest BCUT2D eigenvalue weighted by atomic mass is 10.0. The molecule has 3 rings (SSSR count). The molecule has 0 unspecified atom stereocenters. The average molecular weight is 367 g/mol. The van der Waals surface area contributed by atoms with E-state index in [-0.39, 0.29) is 5.78 Å². The molecule has 0 atom stereocenters. The quantitative estimate of drug-likeness (QED) is 0.617. The number of nitrogens with zero attached hydrogens (tertiary/aromatic N) is 1. The van der Waals surface area contributed by atoms with Crippen LogP contribution in [0.25, 0.3) is 10.9 Å². The van der Waals surface area contributed by atoms with E-state index >= 15 is 0 Å². The van der Waals surface area contributed by atoms with Gasteiger partial charge in [-0.1, -0.05) is 6.07 Å². The number of carbonyl (C=O) groups excluding carboxylic acids is 1. The maximum absolute atomic E-state index is 13.0. The Morgan fingerprint density at radius 3 is 2.00 bits per heavy atom. The van der Waals surface area contributed by atoms with Gasteiger partial charge in [-0.2, -0.15) is 0 Å². The van der Waals surface area contributed by atoms with Crippen LogP contribution in [0.5, 0.6) is 23.0 Å². The number of carbonyl (C=O) groups is 1. The zero-order valence-electron chi connectivity index (χ0n) is 16.0. The van der Waals surface area contributed by atoms with Crippen molar-refractivity contribution in [2.45, 2.75) is 6.92 Å². The van der Waals surface area contributed by atoms with Crippen molar-refractivity contribution in [3.8, 4) is 23.0 Å². The molecule has 0 fully saturated rings. The number of rotatable bonds is 6. The highest BCUT2D eigenvalue weighted by molar-refractivity contribution is 6.09. The smallest absolute Gasteiger partial charge is 0.211 e. The summed E-state index contributed by atoms with van der Waals surface area (Å²) in [4.78, 5) is 17.5. The molecule has 1 aromatic heterocycles. The van der Waals surface area contributed by atoms with Crippen molar-refractivity contribution in [2.24, 2.45) is 0 Å². The summed E-state index contributed by atoms with van der Waals surface area (Å²) in [6.45, 7) is 1.96. The number of methoxy groups -OCH3 is 4. The lowest BCUT2D eigenvalue weighted by molar-refractivity contribution is 0.103. The maximum atomic E-state index is 13.0. The molecule has 3 aromatic rings. The SMILES string of the molecule is COc1cc(C(=O)c2ccc3c(C)c(OC)ccc3n2)cc(OC)c1OC. The Morgan fingerprint density at radius 1 is 0.815 bits per heavy atom. The highest BCUT2D eigenvalue weighted by Gasteiger charge is 2.19. The van der Waals surface area contributed by atoms with Gasteiger partial charge in [0.1, 0.15) is 11.4 Å². The average Bonchev–Trinajstić information content (AvgIpc) is 2.72. The first-order chi connectivity index (χ1) is 13.0. The van der Waals surface area contributed by atoms with Gasteiger partial charge in [0.15, 0.2) is 11.5 Å². The van der Waals surface area contributed by atoms with E-state index in [2.05, 4.69) is 4.98 Å². The van der Waals surface area contributed by atoms with Crippen molar-refractivity contribution in [3.63, 3.8) is 0 Å². The van der Waals surface area contributed by atoms with E-state index in [1.54, 1.807) is 25.3 Å². The topological polar surface area (TPSA) is 66.9 Å². The second kappa shape index (κ2) is 7.53. The number of benzene rings is 2. The summed E-state index contributed by atoms with van der Waals surface area (Å²) in [7, 11) is 6.17. The molecule has 0 aliphatic carbocycles. The van der Waals surface area contributed by atoms with Crippen LogP contribution >= 0.6 is 0 Å². The Bertz CT molecular complexity index is 988. The van der Waals surface area contributed by atoms with Crippen LogP contribution in [0.1, 0.15) is 21.6 Å². The summed E-state index contributed by atoms with van der Waals surface area (Å²) in [5.41, 5.74) is 2.45. The molecule has 27 heavy (non-hydrogen) atoms. The van der Waals surface area contributed by atoms with E-state index in [1.807, 2.05) is 25.1 Å². The van der Waals surface area contributed by atoms with Gasteiger partial charge in [0.25, 0.3) is 0 Å². The third-order valence-corrected chi connectivity index (χ3v) is 4.47. The zero-order valence-corrected chi connectivity index (χ0v) is 16.0. The fourth-order valence-corrected chi connectivity index (χ4v) is 3.04. The molecular weight excluding hydrogens is 346 g/mol. The van der Waals surface area contributed by atoms with E-state index < -0.39 is 0 Å². The van der Waals surface area contributed by atoms with Crippen molar-refractivity contribution in [1.29, 1.82) is 0 Å². The van der Waals surface area contributed by atoms with Gasteiger partial charge in [0, 0.05) is 16.5 Å². The molecule has 0 amide bonds. The number of pyridine rings is 1. The predicted octanol–water partition coefficient (Wildman–Crippen LogP) is 3.81. The molecule has 140 valence electrons. The van der Waals surface area contributed by atoms with Gasteiger partial charge in [-0.25, -0.2) is 4.98 Å². The lowest BCUT2D eigenvalue weighted by Gasteiger charge is -2.14. The van der Waals surface area contributed by atoms with Crippen molar-refractivity contribution >= 4 is 16.7 Å². The Hall–Kier alpha value is -3.28. The molecule has 0 saturated carbocycles. The molecule has 0 aliphatic heterocycles. The minimum absolute atomic E-state index is 0.232. The number of fused-ring (bicyclic) bond motifs is 1. The summed E-state index contributed by atoms with van der Waals surface area (Å²) in [5.74, 6) is 1.83. The normalized spacial score (nSPS) is 10.6. The summed E-state index contributed by atoms with van der Waals surface area (Å²) < 4.78 is 21.3. The summed E-state index contributed by atoms with van der Waals surface area (Å²) >= 11 is 0. The van der Waals surface area contributed by atoms with Gasteiger partial charge in [-0.3, -0.25) is 4.79 Å². The number of ether oxygens (including phenoxy) is 4. The number of hydrogen-bond donors (Lipinski definition) is 0. The highest BCUT2D eigenvalue weighted by atomic mass is 16.5. The van der Waals surface area contributed by atoms with Gasteiger partial charge in [-0.15, -0.1) is 0 Å². The zero-order chi connectivity index (χ0) is 19.6. The van der Waals surface area contributed by atoms with Crippen LogP contribution in [0, 0.1) is 6.92 Å². The Kier molecular flexibility index (Phi) is 5.16. The molecule has 2 aromatic carbocycles. The van der Waals surface area contributed by atoms with Gasteiger partial charge in [0.05, 0.1) is 34.0 Å². The molecule has 0 radical (unpaired) electrons. The number of ketones is 1. The molecule has 0 N–H and O–H groups in total. The number of hydrogen-bond acceptors (Lipinski definition) is 6. The fraction of sp³-hybridized carbons (Fsp3) is 0.238. The minimum atomic E-state index is -0.232. The van der Waals surface area contributed by atoms with Crippen LogP contribution in [0.4, 0.5) is 0 Å². The van der Waals surface area contributed by atoms with E-state index in [9.17, 15) is 4.79 Å². The lowest BCUT2D eigenvalue weighted by Crippen LogP contribution is -2.06. The van der Waals surface area contributed by atoms with Crippen molar-refractivity contribution < 1.29 is 23.7 Å². The number of aryl methyl sites for hydroxylation is 1. The monoisotopic (exact) mass is 367 g/mol. The first-order valence-corrected chi connectivity index (χ1v) is 8.33. The van der Waals surface area contributed by atoms with Crippen LogP contribution in [-0.4, -0.2) is 39.2 Å². The Balaban J connectivity index is 2.08. The molecule has 6 heteroatoms. The van der Waals surface area contributed by atoms with Crippen LogP contribution in [0.15, 0.2) is 36.4 Å². The summed E-state index contributed by atoms with van der Waals surface area (Å²) in [6.07, 6.45) is 0. The first kappa shape index (κ1) is 18.5. The summed E-state index contributed by atoms with van der Waals surface area (Å²) in [6, 6.07) is 10.5. The van der Waals surface area contributed by atoms with Gasteiger partial charge >= 0.3 is 0 Å². The molecule has 6 nitrogen and oxygen atoms in total. The Labute approximate surface area is 157 Å². The van der Waals surface area contributed by atoms with E-state index in [0.29, 0.717) is 28.5 Å². The molecule has 0 spiro atoms. The molecule has 1 heterocycles. The van der Waals surface area contributed by atoms with Gasteiger partial charge in [0.2, 0.25) is 11.5 Å². The summed E-state index contributed by atoms with van der Waals surface area (Å²) in [5, 5.41) is 0.941. The third-order valence-electron chi connectivity index (χ3n) is 4.47. The number of aromatic nitrogens is 1. The molecule has 0 bridgehead atoms. The van der Waals surface area contributed by atoms with E-state index in [4.69, 9.17) is 18.9 Å². The second-order valence-corrected chi connectivity index (χ2v) is 5.90. The maximum Gasteiger partial charge on any atom is 0.211 e. The van der Waals surface area contributed by atoms with Crippen LogP contribution in [0.3, 0.4) is 0 Å². The second-order valence-electron chi connectivity index (χ2n) is 5.90. The first-order valence-electron chi connectivity index (χ1n) is 8.33. The van der Waals surface area contributed by atoms with Gasteiger partial charge in [-0.05, 0) is 37.3 Å². The fourth-order valence-electron chi connectivity index (χ4n) is 3.04. The molecule has 0 saturated heterocycles. The van der Waals surface area contributed by atoms with Crippen molar-refractivity contribution in [1.82, 2.24) is 4.98 Å². The van der Waals surface area contributed by atoms with Crippen molar-refractivity contribution in [2.75, 3.05) is 28.4 Å². The minimum Gasteiger partial charge on any atom is -0.496 e. The van der Waals surface area contributed by atoms with Crippen molar-refractivity contribution in [3.05, 3.63) is 53.2 Å². The largest absolute Gasteiger partial charge is 0.496 e. The molecule has 0 aliphatic rings. The van der Waals surface area contributed by atoms with E-state index in [0.717, 1.165) is 22.2 Å². The van der Waals surface area contributed by atoms with Crippen LogP contribution in [0.2, 0.25) is 0 Å². The van der Waals surface area contributed by atoms with Gasteiger partial charge < -0.3 is 18.9 Å². The van der Waals surface area contributed by atoms with Crippen LogP contribution < -0.4 is 18.9 Å². The van der Waals surface area contributed by atoms with E-state index in [1.165, 1.54) is 21.3 Å². The predicted molar refractivity (Wildman–Crippen MR) is 103 cm³/mol. The molecular formula is C21H21NO5. The van der Waals surface area contributed by atoms with Crippen LogP contribution in [-0.2, 0) is 0 Å². The Morgan fingerprint density at radius 2 is 1.44 bits per heavy atom. The highest BCUT2D eigenvalue weighted by Crippen LogP contribution is 2.38. The third kappa shape index (κ3) is 3.26. The standard InChI is InChI=1S/C21H21NO5/c1-12-14-6-7-16(22-15(14)8-9-17(12)24-2)20(23)13-10-18(25-3)21(27-5)19(11-13)26-4/h6-11H,1-5H3.